The normalized spacial score (nSPS) is 11.4. The lowest BCUT2D eigenvalue weighted by Gasteiger charge is -2.22. The summed E-state index contributed by atoms with van der Waals surface area (Å²) in [5, 5.41) is 7.84. The van der Waals surface area contributed by atoms with Crippen molar-refractivity contribution in [2.45, 2.75) is 59.3 Å². The summed E-state index contributed by atoms with van der Waals surface area (Å²) in [6, 6.07) is 17.1. The number of aromatic nitrogens is 2. The van der Waals surface area contributed by atoms with Crippen LogP contribution in [-0.2, 0) is 10.2 Å². The van der Waals surface area contributed by atoms with E-state index in [0.29, 0.717) is 17.9 Å². The molecule has 2 amide bonds. The van der Waals surface area contributed by atoms with Gasteiger partial charge in [-0.1, -0.05) is 80.7 Å². The van der Waals surface area contributed by atoms with E-state index >= 15 is 0 Å². The summed E-state index contributed by atoms with van der Waals surface area (Å²) in [4.78, 5) is 28.1. The average Bonchev–Trinajstić information content (AvgIpc) is 3.22. The molecule has 0 aliphatic rings. The van der Waals surface area contributed by atoms with Crippen molar-refractivity contribution in [1.82, 2.24) is 14.7 Å². The Bertz CT molecular complexity index is 1180. The van der Waals surface area contributed by atoms with Crippen molar-refractivity contribution >= 4 is 33.6 Å². The first-order chi connectivity index (χ1) is 16.6. The van der Waals surface area contributed by atoms with Crippen LogP contribution in [0.4, 0.5) is 5.82 Å². The highest BCUT2D eigenvalue weighted by molar-refractivity contribution is 9.10. The third-order valence-electron chi connectivity index (χ3n) is 5.81. The fourth-order valence-corrected chi connectivity index (χ4v) is 4.19. The summed E-state index contributed by atoms with van der Waals surface area (Å²) in [7, 11) is 0. The number of carbonyl (C=O) groups is 2. The molecular weight excluding hydrogens is 504 g/mol. The predicted molar refractivity (Wildman–Crippen MR) is 145 cm³/mol. The van der Waals surface area contributed by atoms with Gasteiger partial charge in [-0.15, -0.1) is 0 Å². The van der Waals surface area contributed by atoms with E-state index < -0.39 is 0 Å². The molecule has 0 unspecified atom stereocenters. The Hall–Kier alpha value is -2.93. The van der Waals surface area contributed by atoms with Gasteiger partial charge in [0.25, 0.3) is 5.91 Å². The maximum absolute atomic E-state index is 13.3. The van der Waals surface area contributed by atoms with Crippen LogP contribution < -0.4 is 5.32 Å². The van der Waals surface area contributed by atoms with Crippen LogP contribution in [0.1, 0.15) is 68.6 Å². The average molecular weight is 540 g/mol. The van der Waals surface area contributed by atoms with Gasteiger partial charge in [0.05, 0.1) is 11.4 Å². The summed E-state index contributed by atoms with van der Waals surface area (Å²) >= 11 is 3.43. The molecule has 3 aromatic rings. The number of nitrogens with zero attached hydrogens (tertiary/aromatic N) is 3. The Morgan fingerprint density at radius 3 is 2.46 bits per heavy atom. The highest BCUT2D eigenvalue weighted by Gasteiger charge is 2.24. The summed E-state index contributed by atoms with van der Waals surface area (Å²) < 4.78 is 2.61. The van der Waals surface area contributed by atoms with E-state index in [1.165, 1.54) is 0 Å². The predicted octanol–water partition coefficient (Wildman–Crippen LogP) is 6.51. The van der Waals surface area contributed by atoms with Gasteiger partial charge < -0.3 is 10.2 Å². The first-order valence-electron chi connectivity index (χ1n) is 12.1. The second-order valence-corrected chi connectivity index (χ2v) is 10.8. The molecule has 1 N–H and O–H groups in total. The molecule has 0 aliphatic heterocycles. The van der Waals surface area contributed by atoms with Crippen molar-refractivity contribution in [1.29, 1.82) is 0 Å². The van der Waals surface area contributed by atoms with E-state index in [-0.39, 0.29) is 23.8 Å². The number of hydrogen-bond donors (Lipinski definition) is 1. The number of carbonyl (C=O) groups excluding carboxylic acids is 2. The minimum atomic E-state index is -0.250. The Morgan fingerprint density at radius 2 is 1.80 bits per heavy atom. The molecule has 7 heteroatoms. The number of para-hydroxylation sites is 1. The number of nitrogens with one attached hydrogen (secondary N) is 1. The molecule has 186 valence electrons. The highest BCUT2D eigenvalue weighted by atomic mass is 79.9. The molecule has 0 saturated heterocycles. The number of unbranched alkanes of at least 4 members (excludes halogenated alkanes) is 2. The number of hydrogen-bond acceptors (Lipinski definition) is 3. The third-order valence-corrected chi connectivity index (χ3v) is 6.31. The molecule has 1 heterocycles. The minimum absolute atomic E-state index is 0.0289. The van der Waals surface area contributed by atoms with E-state index in [1.54, 1.807) is 21.7 Å². The van der Waals surface area contributed by atoms with E-state index in [2.05, 4.69) is 48.9 Å². The lowest BCUT2D eigenvalue weighted by Crippen LogP contribution is -2.39. The molecule has 0 fully saturated rings. The van der Waals surface area contributed by atoms with Crippen molar-refractivity contribution in [2.75, 3.05) is 18.4 Å². The van der Waals surface area contributed by atoms with Crippen LogP contribution in [0.2, 0.25) is 0 Å². The maximum atomic E-state index is 13.3. The van der Waals surface area contributed by atoms with Crippen molar-refractivity contribution < 1.29 is 9.59 Å². The monoisotopic (exact) mass is 538 g/mol. The minimum Gasteiger partial charge on any atom is -0.329 e. The van der Waals surface area contributed by atoms with Crippen LogP contribution in [0.3, 0.4) is 0 Å². The van der Waals surface area contributed by atoms with Crippen LogP contribution in [0.25, 0.3) is 5.69 Å². The number of aryl methyl sites for hydroxylation is 1. The van der Waals surface area contributed by atoms with Crippen molar-refractivity contribution in [2.24, 2.45) is 0 Å². The lowest BCUT2D eigenvalue weighted by molar-refractivity contribution is -0.117. The van der Waals surface area contributed by atoms with Gasteiger partial charge in [-0.05, 0) is 43.2 Å². The summed E-state index contributed by atoms with van der Waals surface area (Å²) in [5.41, 5.74) is 3.21. The molecule has 3 rings (SSSR count). The molecule has 0 spiro atoms. The second-order valence-electron chi connectivity index (χ2n) is 9.86. The molecule has 0 bridgehead atoms. The molecule has 0 saturated carbocycles. The smallest absolute Gasteiger partial charge is 0.254 e. The Labute approximate surface area is 216 Å². The SMILES string of the molecule is CCCCCN(CC(=O)Nc1cc(C(C)(C)C)nn1-c1ccccc1C)C(=O)c1cccc(Br)c1. The number of benzene rings is 2. The lowest BCUT2D eigenvalue weighted by atomic mass is 9.92. The Balaban J connectivity index is 1.87. The van der Waals surface area contributed by atoms with Crippen LogP contribution in [0.15, 0.2) is 59.1 Å². The Morgan fingerprint density at radius 1 is 1.06 bits per heavy atom. The van der Waals surface area contributed by atoms with Crippen LogP contribution in [0, 0.1) is 6.92 Å². The van der Waals surface area contributed by atoms with Gasteiger partial charge in [-0.2, -0.15) is 5.10 Å². The van der Waals surface area contributed by atoms with Crippen molar-refractivity contribution in [3.8, 4) is 5.69 Å². The van der Waals surface area contributed by atoms with Crippen LogP contribution in [-0.4, -0.2) is 39.6 Å². The van der Waals surface area contributed by atoms with E-state index in [4.69, 9.17) is 5.10 Å². The zero-order chi connectivity index (χ0) is 25.6. The van der Waals surface area contributed by atoms with Gasteiger partial charge in [0, 0.05) is 28.1 Å². The van der Waals surface area contributed by atoms with Crippen molar-refractivity contribution in [3.63, 3.8) is 0 Å². The van der Waals surface area contributed by atoms with Crippen molar-refractivity contribution in [3.05, 3.63) is 75.9 Å². The highest BCUT2D eigenvalue weighted by Crippen LogP contribution is 2.27. The van der Waals surface area contributed by atoms with Gasteiger partial charge >= 0.3 is 0 Å². The van der Waals surface area contributed by atoms with E-state index in [9.17, 15) is 9.59 Å². The van der Waals surface area contributed by atoms with Gasteiger partial charge in [0.1, 0.15) is 12.4 Å². The molecule has 6 nitrogen and oxygen atoms in total. The second kappa shape index (κ2) is 11.7. The molecule has 0 atom stereocenters. The van der Waals surface area contributed by atoms with Gasteiger partial charge in [-0.3, -0.25) is 9.59 Å². The Kier molecular flexibility index (Phi) is 8.89. The van der Waals surface area contributed by atoms with Gasteiger partial charge in [0.2, 0.25) is 5.91 Å². The van der Waals surface area contributed by atoms with Crippen LogP contribution in [0.5, 0.6) is 0 Å². The molecule has 0 aliphatic carbocycles. The number of amides is 2. The largest absolute Gasteiger partial charge is 0.329 e. The van der Waals surface area contributed by atoms with E-state index in [1.807, 2.05) is 49.4 Å². The number of rotatable bonds is 9. The van der Waals surface area contributed by atoms with Crippen LogP contribution >= 0.6 is 15.9 Å². The first-order valence-corrected chi connectivity index (χ1v) is 12.9. The summed E-state index contributed by atoms with van der Waals surface area (Å²) in [5.74, 6) is 0.193. The zero-order valence-corrected chi connectivity index (χ0v) is 22.9. The first kappa shape index (κ1) is 26.7. The molecular formula is C28H35BrN4O2. The quantitative estimate of drug-likeness (QED) is 0.315. The fourth-order valence-electron chi connectivity index (χ4n) is 3.79. The summed E-state index contributed by atoms with van der Waals surface area (Å²) in [6.45, 7) is 10.9. The zero-order valence-electron chi connectivity index (χ0n) is 21.3. The standard InChI is InChI=1S/C28H35BrN4O2/c1-6-7-10-16-32(27(35)21-13-11-14-22(29)17-21)19-26(34)30-25-18-24(28(3,4)5)31-33(25)23-15-9-8-12-20(23)2/h8-9,11-15,17-18H,6-7,10,16,19H2,1-5H3,(H,30,34). The fraction of sp³-hybridized carbons (Fsp3) is 0.393. The third kappa shape index (κ3) is 7.04. The molecule has 0 radical (unpaired) electrons. The number of halogens is 1. The topological polar surface area (TPSA) is 67.2 Å². The van der Waals surface area contributed by atoms with Gasteiger partial charge in [-0.25, -0.2) is 4.68 Å². The maximum Gasteiger partial charge on any atom is 0.254 e. The number of anilines is 1. The van der Waals surface area contributed by atoms with Gasteiger partial charge in [0.15, 0.2) is 0 Å². The molecule has 1 aromatic heterocycles. The molecule has 2 aromatic carbocycles. The molecule has 35 heavy (non-hydrogen) atoms. The van der Waals surface area contributed by atoms with E-state index in [0.717, 1.165) is 40.7 Å². The summed E-state index contributed by atoms with van der Waals surface area (Å²) in [6.07, 6.45) is 2.88.